The summed E-state index contributed by atoms with van der Waals surface area (Å²) in [5.74, 6) is -0.630. The molecule has 2 heterocycles. The van der Waals surface area contributed by atoms with Crippen LogP contribution in [0.5, 0.6) is 0 Å². The molecule has 6 heteroatoms. The lowest BCUT2D eigenvalue weighted by atomic mass is 10.1. The molecule has 2 aliphatic rings. The van der Waals surface area contributed by atoms with E-state index < -0.39 is 17.6 Å². The molecule has 1 N–H and O–H groups in total. The Morgan fingerprint density at radius 1 is 1.15 bits per heavy atom. The molecule has 2 fully saturated rings. The van der Waals surface area contributed by atoms with E-state index in [2.05, 4.69) is 10.2 Å². The third-order valence-electron chi connectivity index (χ3n) is 4.24. The normalized spacial score (nSPS) is 26.8. The van der Waals surface area contributed by atoms with Gasteiger partial charge in [0.1, 0.15) is 5.82 Å². The van der Waals surface area contributed by atoms with Gasteiger partial charge in [0.05, 0.1) is 11.3 Å². The molecular formula is C14H16F4N2. The molecule has 2 atom stereocenters. The zero-order valence-electron chi connectivity index (χ0n) is 10.9. The fourth-order valence-corrected chi connectivity index (χ4v) is 3.26. The molecule has 1 aromatic carbocycles. The van der Waals surface area contributed by atoms with E-state index in [0.717, 1.165) is 50.6 Å². The third kappa shape index (κ3) is 2.49. The fourth-order valence-electron chi connectivity index (χ4n) is 3.26. The second kappa shape index (κ2) is 4.91. The van der Waals surface area contributed by atoms with Gasteiger partial charge >= 0.3 is 6.18 Å². The first-order valence-corrected chi connectivity index (χ1v) is 6.82. The van der Waals surface area contributed by atoms with Crippen LogP contribution in [-0.2, 0) is 6.18 Å². The van der Waals surface area contributed by atoms with Crippen molar-refractivity contribution >= 4 is 5.69 Å². The van der Waals surface area contributed by atoms with Gasteiger partial charge in [0.2, 0.25) is 0 Å². The predicted octanol–water partition coefficient (Wildman–Crippen LogP) is 3.49. The van der Waals surface area contributed by atoms with Crippen LogP contribution in [0, 0.1) is 5.82 Å². The maximum Gasteiger partial charge on any atom is 0.416 e. The van der Waals surface area contributed by atoms with Crippen molar-refractivity contribution in [1.29, 1.82) is 0 Å². The van der Waals surface area contributed by atoms with Gasteiger partial charge in [-0.3, -0.25) is 4.90 Å². The highest BCUT2D eigenvalue weighted by molar-refractivity contribution is 5.49. The Balaban J connectivity index is 1.80. The molecule has 0 spiro atoms. The van der Waals surface area contributed by atoms with E-state index in [9.17, 15) is 17.6 Å². The van der Waals surface area contributed by atoms with Gasteiger partial charge in [0.15, 0.2) is 0 Å². The van der Waals surface area contributed by atoms with Crippen molar-refractivity contribution in [2.24, 2.45) is 0 Å². The number of hydrogen-bond donors (Lipinski definition) is 1. The highest BCUT2D eigenvalue weighted by Crippen LogP contribution is 2.34. The van der Waals surface area contributed by atoms with Crippen LogP contribution in [0.4, 0.5) is 23.2 Å². The second-order valence-corrected chi connectivity index (χ2v) is 5.48. The van der Waals surface area contributed by atoms with E-state index in [-0.39, 0.29) is 11.7 Å². The van der Waals surface area contributed by atoms with Crippen molar-refractivity contribution in [2.75, 3.05) is 18.4 Å². The van der Waals surface area contributed by atoms with Gasteiger partial charge in [0.25, 0.3) is 0 Å². The first-order chi connectivity index (χ1) is 9.45. The first kappa shape index (κ1) is 13.7. The Labute approximate surface area is 114 Å². The van der Waals surface area contributed by atoms with Crippen LogP contribution in [-0.4, -0.2) is 30.1 Å². The standard InChI is InChI=1S/C14H16F4N2/c15-10-4-3-9(14(16,17)18)8-12(10)19-11-5-7-20-6-1-2-13(11)20/h3-4,8,11,13,19H,1-2,5-7H2. The average molecular weight is 288 g/mol. The second-order valence-electron chi connectivity index (χ2n) is 5.48. The smallest absolute Gasteiger partial charge is 0.378 e. The SMILES string of the molecule is Fc1ccc(C(F)(F)F)cc1NC1CCN2CCCC12. The molecule has 110 valence electrons. The van der Waals surface area contributed by atoms with E-state index in [1.165, 1.54) is 0 Å². The number of rotatable bonds is 2. The Bertz CT molecular complexity index is 500. The van der Waals surface area contributed by atoms with Gasteiger partial charge in [-0.15, -0.1) is 0 Å². The summed E-state index contributed by atoms with van der Waals surface area (Å²) in [5.41, 5.74) is -0.860. The Morgan fingerprint density at radius 2 is 1.95 bits per heavy atom. The number of nitrogens with zero attached hydrogens (tertiary/aromatic N) is 1. The van der Waals surface area contributed by atoms with Gasteiger partial charge < -0.3 is 5.32 Å². The molecule has 0 aliphatic carbocycles. The van der Waals surface area contributed by atoms with Gasteiger partial charge in [-0.1, -0.05) is 0 Å². The lowest BCUT2D eigenvalue weighted by Crippen LogP contribution is -2.34. The molecule has 1 aromatic rings. The summed E-state index contributed by atoms with van der Waals surface area (Å²) in [5, 5.41) is 2.98. The van der Waals surface area contributed by atoms with Crippen molar-refractivity contribution in [3.05, 3.63) is 29.6 Å². The average Bonchev–Trinajstić information content (AvgIpc) is 2.95. The quantitative estimate of drug-likeness (QED) is 0.838. The Morgan fingerprint density at radius 3 is 2.70 bits per heavy atom. The van der Waals surface area contributed by atoms with Crippen molar-refractivity contribution < 1.29 is 17.6 Å². The Hall–Kier alpha value is -1.30. The van der Waals surface area contributed by atoms with Crippen LogP contribution in [0.1, 0.15) is 24.8 Å². The van der Waals surface area contributed by atoms with Crippen LogP contribution in [0.15, 0.2) is 18.2 Å². The molecule has 0 radical (unpaired) electrons. The lowest BCUT2D eigenvalue weighted by molar-refractivity contribution is -0.137. The topological polar surface area (TPSA) is 15.3 Å². The van der Waals surface area contributed by atoms with Crippen LogP contribution >= 0.6 is 0 Å². The Kier molecular flexibility index (Phi) is 3.36. The zero-order chi connectivity index (χ0) is 14.3. The van der Waals surface area contributed by atoms with E-state index in [1.54, 1.807) is 0 Å². The molecular weight excluding hydrogens is 272 g/mol. The van der Waals surface area contributed by atoms with Gasteiger partial charge in [-0.25, -0.2) is 4.39 Å². The molecule has 3 rings (SSSR count). The summed E-state index contributed by atoms with van der Waals surface area (Å²) >= 11 is 0. The summed E-state index contributed by atoms with van der Waals surface area (Å²) in [6.45, 7) is 1.97. The lowest BCUT2D eigenvalue weighted by Gasteiger charge is -2.23. The van der Waals surface area contributed by atoms with Gasteiger partial charge in [-0.2, -0.15) is 13.2 Å². The van der Waals surface area contributed by atoms with Crippen molar-refractivity contribution in [2.45, 2.75) is 37.5 Å². The monoisotopic (exact) mass is 288 g/mol. The zero-order valence-corrected chi connectivity index (χ0v) is 10.9. The maximum absolute atomic E-state index is 13.7. The molecule has 2 saturated heterocycles. The summed E-state index contributed by atoms with van der Waals surface area (Å²) < 4.78 is 51.7. The van der Waals surface area contributed by atoms with Crippen molar-refractivity contribution in [1.82, 2.24) is 4.90 Å². The van der Waals surface area contributed by atoms with Crippen LogP contribution in [0.25, 0.3) is 0 Å². The molecule has 2 aliphatic heterocycles. The summed E-state index contributed by atoms with van der Waals surface area (Å²) in [6, 6.07) is 2.88. The van der Waals surface area contributed by atoms with Crippen LogP contribution in [0.2, 0.25) is 0 Å². The fraction of sp³-hybridized carbons (Fsp3) is 0.571. The van der Waals surface area contributed by atoms with Crippen LogP contribution < -0.4 is 5.32 Å². The third-order valence-corrected chi connectivity index (χ3v) is 4.24. The minimum Gasteiger partial charge on any atom is -0.378 e. The van der Waals surface area contributed by atoms with E-state index in [0.29, 0.717) is 6.04 Å². The highest BCUT2D eigenvalue weighted by Gasteiger charge is 2.38. The number of alkyl halides is 3. The summed E-state index contributed by atoms with van der Waals surface area (Å²) in [4.78, 5) is 2.32. The number of fused-ring (bicyclic) bond motifs is 1. The number of halogens is 4. The van der Waals surface area contributed by atoms with Crippen LogP contribution in [0.3, 0.4) is 0 Å². The van der Waals surface area contributed by atoms with Crippen molar-refractivity contribution in [3.63, 3.8) is 0 Å². The number of benzene rings is 1. The molecule has 0 saturated carbocycles. The van der Waals surface area contributed by atoms with Gasteiger partial charge in [-0.05, 0) is 44.0 Å². The molecule has 0 bridgehead atoms. The number of anilines is 1. The summed E-state index contributed by atoms with van der Waals surface area (Å²) in [7, 11) is 0. The van der Waals surface area contributed by atoms with Gasteiger partial charge in [0, 0.05) is 18.6 Å². The van der Waals surface area contributed by atoms with Crippen molar-refractivity contribution in [3.8, 4) is 0 Å². The van der Waals surface area contributed by atoms with E-state index in [4.69, 9.17) is 0 Å². The number of nitrogens with one attached hydrogen (secondary N) is 1. The molecule has 0 amide bonds. The first-order valence-electron chi connectivity index (χ1n) is 6.82. The molecule has 2 unspecified atom stereocenters. The largest absolute Gasteiger partial charge is 0.416 e. The van der Waals surface area contributed by atoms with E-state index in [1.807, 2.05) is 0 Å². The number of hydrogen-bond acceptors (Lipinski definition) is 2. The maximum atomic E-state index is 13.7. The molecule has 0 aromatic heterocycles. The molecule has 2 nitrogen and oxygen atoms in total. The van der Waals surface area contributed by atoms with E-state index >= 15 is 0 Å². The predicted molar refractivity (Wildman–Crippen MR) is 68.0 cm³/mol. The minimum absolute atomic E-state index is 0.0375. The minimum atomic E-state index is -4.45. The highest BCUT2D eigenvalue weighted by atomic mass is 19.4. The molecule has 20 heavy (non-hydrogen) atoms. The summed E-state index contributed by atoms with van der Waals surface area (Å²) in [6.07, 6.45) is -1.47.